The highest BCUT2D eigenvalue weighted by molar-refractivity contribution is 6.04. The normalized spacial score (nSPS) is 12.3. The molecule has 0 aliphatic rings. The van der Waals surface area contributed by atoms with Crippen molar-refractivity contribution in [2.24, 2.45) is 10.8 Å². The summed E-state index contributed by atoms with van der Waals surface area (Å²) < 4.78 is 11.2. The number of furan rings is 1. The molecule has 0 bridgehead atoms. The topological polar surface area (TPSA) is 68.5 Å². The van der Waals surface area contributed by atoms with E-state index in [1.165, 1.54) is 0 Å². The standard InChI is InChI=1S/C22H31NO4/c1-21(2,3)10-11-23-18(24)13-16-15-12-14(26-7)8-9-17(15)27-19(16)20(25)22(4,5)6/h8-9,12H,10-11,13H2,1-7H3,(H,23,24). The van der Waals surface area contributed by atoms with Crippen LogP contribution in [0.5, 0.6) is 5.75 Å². The Balaban J connectivity index is 2.36. The third-order valence-corrected chi connectivity index (χ3v) is 4.42. The summed E-state index contributed by atoms with van der Waals surface area (Å²) in [4.78, 5) is 25.4. The maximum absolute atomic E-state index is 12.9. The zero-order valence-electron chi connectivity index (χ0n) is 17.5. The molecule has 1 N–H and O–H groups in total. The smallest absolute Gasteiger partial charge is 0.224 e. The molecule has 1 heterocycles. The van der Waals surface area contributed by atoms with Gasteiger partial charge in [0.05, 0.1) is 13.5 Å². The Morgan fingerprint density at radius 1 is 1.11 bits per heavy atom. The van der Waals surface area contributed by atoms with Crippen molar-refractivity contribution < 1.29 is 18.7 Å². The van der Waals surface area contributed by atoms with Gasteiger partial charge in [0.25, 0.3) is 0 Å². The van der Waals surface area contributed by atoms with Crippen LogP contribution < -0.4 is 10.1 Å². The molecule has 0 radical (unpaired) electrons. The summed E-state index contributed by atoms with van der Waals surface area (Å²) >= 11 is 0. The van der Waals surface area contributed by atoms with Crippen LogP contribution >= 0.6 is 0 Å². The van der Waals surface area contributed by atoms with Crippen molar-refractivity contribution in [2.75, 3.05) is 13.7 Å². The maximum atomic E-state index is 12.9. The van der Waals surface area contributed by atoms with E-state index in [9.17, 15) is 9.59 Å². The van der Waals surface area contributed by atoms with Gasteiger partial charge in [-0.05, 0) is 30.0 Å². The molecule has 1 aromatic heterocycles. The molecule has 27 heavy (non-hydrogen) atoms. The molecule has 2 aromatic rings. The number of carbonyl (C=O) groups excluding carboxylic acids is 2. The number of nitrogens with one attached hydrogen (secondary N) is 1. The number of amides is 1. The highest BCUT2D eigenvalue weighted by Crippen LogP contribution is 2.33. The van der Waals surface area contributed by atoms with Gasteiger partial charge in [0.2, 0.25) is 11.7 Å². The summed E-state index contributed by atoms with van der Waals surface area (Å²) in [5.41, 5.74) is 0.754. The van der Waals surface area contributed by atoms with Crippen molar-refractivity contribution in [2.45, 2.75) is 54.4 Å². The van der Waals surface area contributed by atoms with Crippen LogP contribution in [0.15, 0.2) is 22.6 Å². The molecular formula is C22H31NO4. The summed E-state index contributed by atoms with van der Waals surface area (Å²) in [5, 5.41) is 3.70. The van der Waals surface area contributed by atoms with E-state index in [2.05, 4.69) is 26.1 Å². The van der Waals surface area contributed by atoms with Crippen LogP contribution in [0, 0.1) is 10.8 Å². The summed E-state index contributed by atoms with van der Waals surface area (Å²) in [6, 6.07) is 5.37. The second-order valence-corrected chi connectivity index (χ2v) is 9.19. The lowest BCUT2D eigenvalue weighted by Gasteiger charge is -2.18. The number of fused-ring (bicyclic) bond motifs is 1. The van der Waals surface area contributed by atoms with Gasteiger partial charge in [-0.2, -0.15) is 0 Å². The minimum Gasteiger partial charge on any atom is -0.497 e. The van der Waals surface area contributed by atoms with Gasteiger partial charge in [-0.15, -0.1) is 0 Å². The largest absolute Gasteiger partial charge is 0.497 e. The zero-order valence-corrected chi connectivity index (χ0v) is 17.5. The SMILES string of the molecule is COc1ccc2oc(C(=O)C(C)(C)C)c(CC(=O)NCCC(C)(C)C)c2c1. The van der Waals surface area contributed by atoms with Crippen LogP contribution in [0.1, 0.15) is 64.1 Å². The second kappa shape index (κ2) is 7.75. The van der Waals surface area contributed by atoms with Crippen LogP contribution in [-0.4, -0.2) is 25.3 Å². The van der Waals surface area contributed by atoms with Gasteiger partial charge in [0.1, 0.15) is 11.3 Å². The Labute approximate surface area is 161 Å². The predicted molar refractivity (Wildman–Crippen MR) is 107 cm³/mol. The third kappa shape index (κ3) is 5.34. The number of hydrogen-bond donors (Lipinski definition) is 1. The molecule has 0 saturated carbocycles. The Morgan fingerprint density at radius 3 is 2.33 bits per heavy atom. The molecule has 0 aliphatic carbocycles. The first-order valence-corrected chi connectivity index (χ1v) is 9.33. The van der Waals surface area contributed by atoms with E-state index in [-0.39, 0.29) is 29.3 Å². The molecule has 0 fully saturated rings. The highest BCUT2D eigenvalue weighted by Gasteiger charge is 2.30. The minimum atomic E-state index is -0.602. The molecule has 1 aromatic carbocycles. The number of ketones is 1. The number of ether oxygens (including phenoxy) is 1. The fourth-order valence-electron chi connectivity index (χ4n) is 2.75. The maximum Gasteiger partial charge on any atom is 0.224 e. The van der Waals surface area contributed by atoms with E-state index in [4.69, 9.17) is 9.15 Å². The van der Waals surface area contributed by atoms with Gasteiger partial charge in [-0.3, -0.25) is 9.59 Å². The van der Waals surface area contributed by atoms with E-state index < -0.39 is 5.41 Å². The summed E-state index contributed by atoms with van der Waals surface area (Å²) in [5.74, 6) is 0.687. The minimum absolute atomic E-state index is 0.0987. The highest BCUT2D eigenvalue weighted by atomic mass is 16.5. The molecular weight excluding hydrogens is 342 g/mol. The summed E-state index contributed by atoms with van der Waals surface area (Å²) in [6.07, 6.45) is 0.980. The Hall–Kier alpha value is -2.30. The molecule has 5 heteroatoms. The second-order valence-electron chi connectivity index (χ2n) is 9.19. The molecule has 0 aliphatic heterocycles. The van der Waals surface area contributed by atoms with E-state index >= 15 is 0 Å². The number of methoxy groups -OCH3 is 1. The van der Waals surface area contributed by atoms with Crippen LogP contribution in [-0.2, 0) is 11.2 Å². The lowest BCUT2D eigenvalue weighted by atomic mass is 9.87. The van der Waals surface area contributed by atoms with E-state index in [0.717, 1.165) is 11.8 Å². The first-order chi connectivity index (χ1) is 12.4. The first-order valence-electron chi connectivity index (χ1n) is 9.33. The monoisotopic (exact) mass is 373 g/mol. The molecule has 0 unspecified atom stereocenters. The lowest BCUT2D eigenvalue weighted by Crippen LogP contribution is -2.29. The van der Waals surface area contributed by atoms with Crippen LogP contribution in [0.2, 0.25) is 0 Å². The van der Waals surface area contributed by atoms with Gasteiger partial charge in [-0.1, -0.05) is 41.5 Å². The molecule has 0 spiro atoms. The molecule has 1 amide bonds. The number of Topliss-reactive ketones (excluding diaryl/α,β-unsaturated/α-hetero) is 1. The van der Waals surface area contributed by atoms with Crippen LogP contribution in [0.3, 0.4) is 0 Å². The average Bonchev–Trinajstić information content (AvgIpc) is 2.89. The lowest BCUT2D eigenvalue weighted by molar-refractivity contribution is -0.120. The van der Waals surface area contributed by atoms with Crippen molar-refractivity contribution in [1.82, 2.24) is 5.32 Å². The van der Waals surface area contributed by atoms with Crippen molar-refractivity contribution in [3.05, 3.63) is 29.5 Å². The van der Waals surface area contributed by atoms with Crippen molar-refractivity contribution in [3.63, 3.8) is 0 Å². The van der Waals surface area contributed by atoms with Crippen molar-refractivity contribution in [1.29, 1.82) is 0 Å². The zero-order chi connectivity index (χ0) is 20.4. The Morgan fingerprint density at radius 2 is 1.78 bits per heavy atom. The summed E-state index contributed by atoms with van der Waals surface area (Å²) in [7, 11) is 1.58. The van der Waals surface area contributed by atoms with E-state index in [1.807, 2.05) is 26.8 Å². The Bertz CT molecular complexity index is 834. The van der Waals surface area contributed by atoms with Gasteiger partial charge < -0.3 is 14.5 Å². The molecule has 2 rings (SSSR count). The van der Waals surface area contributed by atoms with Gasteiger partial charge in [0.15, 0.2) is 5.76 Å². The van der Waals surface area contributed by atoms with Gasteiger partial charge in [0, 0.05) is 22.9 Å². The van der Waals surface area contributed by atoms with Crippen molar-refractivity contribution in [3.8, 4) is 5.75 Å². The van der Waals surface area contributed by atoms with Gasteiger partial charge >= 0.3 is 0 Å². The van der Waals surface area contributed by atoms with Gasteiger partial charge in [-0.25, -0.2) is 0 Å². The molecule has 0 saturated heterocycles. The number of hydrogen-bond acceptors (Lipinski definition) is 4. The van der Waals surface area contributed by atoms with Crippen LogP contribution in [0.25, 0.3) is 11.0 Å². The first kappa shape index (κ1) is 21.0. The van der Waals surface area contributed by atoms with Crippen LogP contribution in [0.4, 0.5) is 0 Å². The Kier molecular flexibility index (Phi) is 6.03. The fraction of sp³-hybridized carbons (Fsp3) is 0.545. The van der Waals surface area contributed by atoms with Crippen molar-refractivity contribution >= 4 is 22.7 Å². The average molecular weight is 373 g/mol. The number of carbonyl (C=O) groups is 2. The number of benzene rings is 1. The number of rotatable bonds is 6. The van der Waals surface area contributed by atoms with E-state index in [0.29, 0.717) is 23.4 Å². The molecule has 5 nitrogen and oxygen atoms in total. The fourth-order valence-corrected chi connectivity index (χ4v) is 2.75. The van der Waals surface area contributed by atoms with E-state index in [1.54, 1.807) is 19.2 Å². The molecule has 148 valence electrons. The predicted octanol–water partition coefficient (Wildman–Crippen LogP) is 4.77. The quantitative estimate of drug-likeness (QED) is 0.741. The third-order valence-electron chi connectivity index (χ3n) is 4.42. The molecule has 0 atom stereocenters. The summed E-state index contributed by atoms with van der Waals surface area (Å²) in [6.45, 7) is 12.5.